The van der Waals surface area contributed by atoms with E-state index in [0.717, 1.165) is 25.9 Å². The number of aromatic nitrogens is 3. The van der Waals surface area contributed by atoms with Crippen LogP contribution in [0.1, 0.15) is 28.9 Å². The van der Waals surface area contributed by atoms with Crippen LogP contribution in [0.5, 0.6) is 0 Å². The summed E-state index contributed by atoms with van der Waals surface area (Å²) in [6.45, 7) is 3.41. The lowest BCUT2D eigenvalue weighted by Crippen LogP contribution is -2.34. The molecule has 48 heavy (non-hydrogen) atoms. The molecule has 0 atom stereocenters. The van der Waals surface area contributed by atoms with Gasteiger partial charge in [-0.05, 0) is 49.7 Å². The molecule has 0 bridgehead atoms. The Hall–Kier alpha value is -4.97. The van der Waals surface area contributed by atoms with E-state index in [9.17, 15) is 27.2 Å². The number of alkyl halides is 3. The predicted octanol–water partition coefficient (Wildman–Crippen LogP) is 5.37. The number of hydrogen-bond acceptors (Lipinski definition) is 7. The zero-order valence-electron chi connectivity index (χ0n) is 25.6. The fourth-order valence-electron chi connectivity index (χ4n) is 5.39. The SMILES string of the molecule is C=C(F)C(=O)Nc1ccc(-c2c(-c3cnc(C(=O)NCC(F)(F)F)c(Cl)c3)c3c(N)ncc(C#CCOC4CCNCC4)c3n2C)cc1. The molecule has 1 saturated heterocycles. The highest BCUT2D eigenvalue weighted by atomic mass is 35.5. The van der Waals surface area contributed by atoms with Gasteiger partial charge >= 0.3 is 6.18 Å². The summed E-state index contributed by atoms with van der Waals surface area (Å²) in [6, 6.07) is 7.91. The third-order valence-corrected chi connectivity index (χ3v) is 7.88. The summed E-state index contributed by atoms with van der Waals surface area (Å²) in [5.41, 5.74) is 9.60. The van der Waals surface area contributed by atoms with Gasteiger partial charge in [0.2, 0.25) is 0 Å². The Balaban J connectivity index is 1.61. The number of nitrogens with zero attached hydrogens (tertiary/aromatic N) is 3. The van der Waals surface area contributed by atoms with Crippen LogP contribution < -0.4 is 21.7 Å². The Bertz CT molecular complexity index is 1940. The van der Waals surface area contributed by atoms with E-state index in [0.29, 0.717) is 44.5 Å². The highest BCUT2D eigenvalue weighted by Crippen LogP contribution is 2.44. The Labute approximate surface area is 277 Å². The molecule has 0 aliphatic carbocycles. The van der Waals surface area contributed by atoms with Gasteiger partial charge in [-0.3, -0.25) is 9.59 Å². The molecule has 4 heterocycles. The number of aryl methyl sites for hydroxylation is 1. The number of carbonyl (C=O) groups is 2. The molecule has 250 valence electrons. The smallest absolute Gasteiger partial charge is 0.383 e. The molecule has 5 rings (SSSR count). The maximum Gasteiger partial charge on any atom is 0.405 e. The van der Waals surface area contributed by atoms with Crippen LogP contribution in [0, 0.1) is 11.8 Å². The maximum absolute atomic E-state index is 13.3. The second-order valence-corrected chi connectivity index (χ2v) is 11.3. The number of fused-ring (bicyclic) bond motifs is 1. The van der Waals surface area contributed by atoms with Crippen molar-refractivity contribution in [3.05, 3.63) is 71.4 Å². The van der Waals surface area contributed by atoms with Crippen molar-refractivity contribution < 1.29 is 31.9 Å². The number of piperidine rings is 1. The van der Waals surface area contributed by atoms with Gasteiger partial charge in [0.25, 0.3) is 11.8 Å². The highest BCUT2D eigenvalue weighted by Gasteiger charge is 2.29. The number of ether oxygens (including phenoxy) is 1. The lowest BCUT2D eigenvalue weighted by Gasteiger charge is -2.21. The molecule has 0 radical (unpaired) electrons. The summed E-state index contributed by atoms with van der Waals surface area (Å²) in [7, 11) is 1.79. The molecule has 1 aromatic carbocycles. The van der Waals surface area contributed by atoms with Gasteiger partial charge in [0, 0.05) is 36.3 Å². The Morgan fingerprint density at radius 3 is 2.52 bits per heavy atom. The van der Waals surface area contributed by atoms with Gasteiger partial charge in [-0.1, -0.05) is 42.2 Å². The normalized spacial score (nSPS) is 13.5. The number of benzene rings is 1. The van der Waals surface area contributed by atoms with Crippen molar-refractivity contribution in [2.45, 2.75) is 25.1 Å². The van der Waals surface area contributed by atoms with Crippen molar-refractivity contribution >= 4 is 45.8 Å². The first kappa shape index (κ1) is 34.4. The number of carbonyl (C=O) groups excluding carboxylic acids is 2. The molecule has 3 aromatic heterocycles. The zero-order chi connectivity index (χ0) is 34.6. The monoisotopic (exact) mass is 683 g/mol. The third-order valence-electron chi connectivity index (χ3n) is 7.60. The van der Waals surface area contributed by atoms with E-state index in [1.165, 1.54) is 12.3 Å². The number of rotatable bonds is 8. The summed E-state index contributed by atoms with van der Waals surface area (Å²) < 4.78 is 59.2. The van der Waals surface area contributed by atoms with Crippen molar-refractivity contribution in [2.24, 2.45) is 7.05 Å². The number of pyridine rings is 2. The largest absolute Gasteiger partial charge is 0.405 e. The highest BCUT2D eigenvalue weighted by molar-refractivity contribution is 6.34. The van der Waals surface area contributed by atoms with Crippen molar-refractivity contribution in [3.63, 3.8) is 0 Å². The average molecular weight is 684 g/mol. The van der Waals surface area contributed by atoms with Crippen LogP contribution in [0.15, 0.2) is 55.1 Å². The lowest BCUT2D eigenvalue weighted by atomic mass is 9.98. The van der Waals surface area contributed by atoms with Gasteiger partial charge in [-0.15, -0.1) is 0 Å². The third kappa shape index (κ3) is 7.76. The van der Waals surface area contributed by atoms with Crippen LogP contribution in [0.4, 0.5) is 29.1 Å². The van der Waals surface area contributed by atoms with Gasteiger partial charge in [-0.2, -0.15) is 13.2 Å². The molecule has 10 nitrogen and oxygen atoms in total. The number of amides is 2. The number of nitrogens with one attached hydrogen (secondary N) is 3. The minimum atomic E-state index is -4.62. The molecule has 4 aromatic rings. The van der Waals surface area contributed by atoms with Crippen LogP contribution in [0.2, 0.25) is 5.02 Å². The van der Waals surface area contributed by atoms with Crippen molar-refractivity contribution in [3.8, 4) is 34.2 Å². The van der Waals surface area contributed by atoms with Crippen LogP contribution in [-0.4, -0.2) is 64.9 Å². The quantitative estimate of drug-likeness (QED) is 0.111. The fraction of sp³-hybridized carbons (Fsp3) is 0.273. The fourth-order valence-corrected chi connectivity index (χ4v) is 5.64. The Morgan fingerprint density at radius 1 is 1.17 bits per heavy atom. The lowest BCUT2D eigenvalue weighted by molar-refractivity contribution is -0.123. The van der Waals surface area contributed by atoms with E-state index < -0.39 is 36.1 Å². The van der Waals surface area contributed by atoms with Crippen molar-refractivity contribution in [2.75, 3.05) is 37.3 Å². The van der Waals surface area contributed by atoms with Gasteiger partial charge in [0.15, 0.2) is 5.83 Å². The summed E-state index contributed by atoms with van der Waals surface area (Å²) >= 11 is 6.42. The molecule has 0 saturated carbocycles. The van der Waals surface area contributed by atoms with Crippen LogP contribution in [-0.2, 0) is 16.6 Å². The number of hydrogen-bond donors (Lipinski definition) is 4. The first-order chi connectivity index (χ1) is 22.8. The van der Waals surface area contributed by atoms with E-state index in [-0.39, 0.29) is 23.6 Å². The van der Waals surface area contributed by atoms with Gasteiger partial charge in [-0.25, -0.2) is 14.4 Å². The Kier molecular flexibility index (Phi) is 10.3. The number of nitrogens with two attached hydrogens (primary N) is 1. The van der Waals surface area contributed by atoms with Crippen LogP contribution in [0.25, 0.3) is 33.3 Å². The van der Waals surface area contributed by atoms with Gasteiger partial charge in [0.1, 0.15) is 24.7 Å². The van der Waals surface area contributed by atoms with E-state index in [2.05, 4.69) is 39.0 Å². The molecule has 0 spiro atoms. The molecule has 0 unspecified atom stereocenters. The summed E-state index contributed by atoms with van der Waals surface area (Å²) in [6.07, 6.45) is 0.130. The molecule has 1 aliphatic rings. The number of halogens is 5. The Morgan fingerprint density at radius 2 is 1.88 bits per heavy atom. The minimum absolute atomic E-state index is 0.116. The predicted molar refractivity (Wildman–Crippen MR) is 175 cm³/mol. The van der Waals surface area contributed by atoms with Crippen molar-refractivity contribution in [1.82, 2.24) is 25.2 Å². The minimum Gasteiger partial charge on any atom is -0.383 e. The molecule has 15 heteroatoms. The molecular weight excluding hydrogens is 654 g/mol. The van der Waals surface area contributed by atoms with Crippen LogP contribution >= 0.6 is 11.6 Å². The van der Waals surface area contributed by atoms with Gasteiger partial charge < -0.3 is 31.0 Å². The zero-order valence-corrected chi connectivity index (χ0v) is 26.4. The first-order valence-electron chi connectivity index (χ1n) is 14.7. The second-order valence-electron chi connectivity index (χ2n) is 10.9. The molecule has 1 fully saturated rings. The first-order valence-corrected chi connectivity index (χ1v) is 15.1. The number of anilines is 2. The molecule has 1 aliphatic heterocycles. The molecule has 5 N–H and O–H groups in total. The van der Waals surface area contributed by atoms with E-state index in [4.69, 9.17) is 22.1 Å². The topological polar surface area (TPSA) is 136 Å². The number of nitrogen functional groups attached to an aromatic ring is 1. The van der Waals surface area contributed by atoms with E-state index in [1.54, 1.807) is 42.8 Å². The summed E-state index contributed by atoms with van der Waals surface area (Å²) in [5, 5.41) is 7.74. The van der Waals surface area contributed by atoms with E-state index in [1.807, 2.05) is 4.57 Å². The van der Waals surface area contributed by atoms with Crippen molar-refractivity contribution in [1.29, 1.82) is 0 Å². The molecule has 2 amide bonds. The van der Waals surface area contributed by atoms with E-state index >= 15 is 0 Å². The average Bonchev–Trinajstić information content (AvgIpc) is 3.37. The summed E-state index contributed by atoms with van der Waals surface area (Å²) in [4.78, 5) is 32.8. The maximum atomic E-state index is 13.3. The summed E-state index contributed by atoms with van der Waals surface area (Å²) in [5.74, 6) is 3.11. The standard InChI is InChI=1S/C33H30ClF4N7O3/c1-18(35)31(46)44-22-7-5-19(6-8-22)28-25(21-14-24(34)27(41-16-21)32(47)43-17-33(36,37)38)26-29(45(28)2)20(15-42-30(26)39)4-3-13-48-23-9-11-40-12-10-23/h5-8,14-16,23,40H,1,9-13,17H2,2H3,(H2,39,42)(H,43,47)(H,44,46). The van der Waals surface area contributed by atoms with Crippen LogP contribution in [0.3, 0.4) is 0 Å². The van der Waals surface area contributed by atoms with Gasteiger partial charge in [0.05, 0.1) is 33.3 Å². The second kappa shape index (κ2) is 14.4. The molecular formula is C33H30ClF4N7O3.